The molecule has 0 aromatic rings. The number of carbonyl (C=O) groups excluding carboxylic acids is 1. The van der Waals surface area contributed by atoms with E-state index in [0.29, 0.717) is 30.8 Å². The van der Waals surface area contributed by atoms with Gasteiger partial charge in [0.15, 0.2) is 0 Å². The van der Waals surface area contributed by atoms with Crippen LogP contribution in [0.5, 0.6) is 0 Å². The number of amides is 1. The molecule has 0 aliphatic carbocycles. The number of hydrogen-bond acceptors (Lipinski definition) is 3. The molecule has 1 unspecified atom stereocenters. The van der Waals surface area contributed by atoms with E-state index in [1.54, 1.807) is 0 Å². The van der Waals surface area contributed by atoms with Gasteiger partial charge in [0.2, 0.25) is 5.91 Å². The van der Waals surface area contributed by atoms with Gasteiger partial charge >= 0.3 is 0 Å². The number of nitrogens with one attached hydrogen (secondary N) is 1. The Morgan fingerprint density at radius 2 is 1.88 bits per heavy atom. The summed E-state index contributed by atoms with van der Waals surface area (Å²) in [5.74, 6) is 1.61. The molecule has 0 spiro atoms. The van der Waals surface area contributed by atoms with Gasteiger partial charge in [0.1, 0.15) is 0 Å². The van der Waals surface area contributed by atoms with Crippen LogP contribution in [0.15, 0.2) is 0 Å². The van der Waals surface area contributed by atoms with Crippen molar-refractivity contribution in [3.63, 3.8) is 0 Å². The molecule has 102 valence electrons. The first-order valence-electron chi connectivity index (χ1n) is 6.52. The van der Waals surface area contributed by atoms with E-state index in [2.05, 4.69) is 33.0 Å². The van der Waals surface area contributed by atoms with Gasteiger partial charge in [-0.2, -0.15) is 0 Å². The molecule has 0 heterocycles. The Balaban J connectivity index is 3.91. The lowest BCUT2D eigenvalue weighted by molar-refractivity contribution is -0.122. The number of hydrogen-bond donors (Lipinski definition) is 2. The largest absolute Gasteiger partial charge is 0.355 e. The van der Waals surface area contributed by atoms with Gasteiger partial charge in [0.05, 0.1) is 6.54 Å². The average molecular weight is 243 g/mol. The molecule has 0 radical (unpaired) electrons. The molecule has 3 N–H and O–H groups in total. The van der Waals surface area contributed by atoms with Gasteiger partial charge in [-0.05, 0) is 31.3 Å². The van der Waals surface area contributed by atoms with E-state index in [1.807, 2.05) is 11.9 Å². The topological polar surface area (TPSA) is 58.4 Å². The third kappa shape index (κ3) is 8.16. The van der Waals surface area contributed by atoms with Gasteiger partial charge in [0, 0.05) is 13.1 Å². The Bertz CT molecular complexity index is 217. The second-order valence-electron chi connectivity index (χ2n) is 5.63. The zero-order valence-electron chi connectivity index (χ0n) is 12.0. The van der Waals surface area contributed by atoms with E-state index >= 15 is 0 Å². The molecule has 0 saturated heterocycles. The van der Waals surface area contributed by atoms with E-state index in [9.17, 15) is 4.79 Å². The monoisotopic (exact) mass is 243 g/mol. The molecule has 0 fully saturated rings. The zero-order valence-corrected chi connectivity index (χ0v) is 12.0. The van der Waals surface area contributed by atoms with E-state index in [0.717, 1.165) is 13.1 Å². The van der Waals surface area contributed by atoms with Crippen molar-refractivity contribution < 1.29 is 4.79 Å². The smallest absolute Gasteiger partial charge is 0.234 e. The number of carbonyl (C=O) groups is 1. The standard InChI is InChI=1S/C13H29N3O/c1-10(2)7-15-13(17)9-16(5)8-12(6-14)11(3)4/h10-12H,6-9,14H2,1-5H3,(H,15,17). The Hall–Kier alpha value is -0.610. The van der Waals surface area contributed by atoms with Crippen LogP contribution in [0.1, 0.15) is 27.7 Å². The van der Waals surface area contributed by atoms with Gasteiger partial charge in [-0.25, -0.2) is 0 Å². The highest BCUT2D eigenvalue weighted by Gasteiger charge is 2.15. The number of nitrogens with two attached hydrogens (primary N) is 1. The first-order chi connectivity index (χ1) is 7.86. The first kappa shape index (κ1) is 16.4. The van der Waals surface area contributed by atoms with E-state index in [1.165, 1.54) is 0 Å². The summed E-state index contributed by atoms with van der Waals surface area (Å²) in [6.07, 6.45) is 0. The van der Waals surface area contributed by atoms with Crippen LogP contribution < -0.4 is 11.1 Å². The summed E-state index contributed by atoms with van der Waals surface area (Å²) in [6, 6.07) is 0. The van der Waals surface area contributed by atoms with Crippen LogP contribution in [0.2, 0.25) is 0 Å². The average Bonchev–Trinajstić information content (AvgIpc) is 2.22. The summed E-state index contributed by atoms with van der Waals surface area (Å²) < 4.78 is 0. The van der Waals surface area contributed by atoms with E-state index in [-0.39, 0.29) is 5.91 Å². The van der Waals surface area contributed by atoms with Crippen molar-refractivity contribution in [1.29, 1.82) is 0 Å². The minimum atomic E-state index is 0.0979. The van der Waals surface area contributed by atoms with Crippen LogP contribution in [0, 0.1) is 17.8 Å². The molecule has 17 heavy (non-hydrogen) atoms. The lowest BCUT2D eigenvalue weighted by Crippen LogP contribution is -2.40. The highest BCUT2D eigenvalue weighted by atomic mass is 16.2. The third-order valence-electron chi connectivity index (χ3n) is 2.91. The van der Waals surface area contributed by atoms with E-state index < -0.39 is 0 Å². The fourth-order valence-electron chi connectivity index (χ4n) is 1.64. The summed E-state index contributed by atoms with van der Waals surface area (Å²) in [6.45, 7) is 11.3. The SMILES string of the molecule is CC(C)CNC(=O)CN(C)CC(CN)C(C)C. The van der Waals surface area contributed by atoms with Crippen molar-refractivity contribution in [3.8, 4) is 0 Å². The molecule has 1 amide bonds. The molecule has 0 bridgehead atoms. The quantitative estimate of drug-likeness (QED) is 0.666. The molecule has 4 nitrogen and oxygen atoms in total. The summed E-state index contributed by atoms with van der Waals surface area (Å²) in [7, 11) is 1.97. The van der Waals surface area contributed by atoms with Crippen LogP contribution in [-0.2, 0) is 4.79 Å². The molecule has 0 aromatic heterocycles. The lowest BCUT2D eigenvalue weighted by atomic mass is 9.95. The molecular weight excluding hydrogens is 214 g/mol. The minimum absolute atomic E-state index is 0.0979. The minimum Gasteiger partial charge on any atom is -0.355 e. The number of likely N-dealkylation sites (N-methyl/N-ethyl adjacent to an activating group) is 1. The van der Waals surface area contributed by atoms with Gasteiger partial charge < -0.3 is 11.1 Å². The van der Waals surface area contributed by atoms with E-state index in [4.69, 9.17) is 5.73 Å². The lowest BCUT2D eigenvalue weighted by Gasteiger charge is -2.25. The summed E-state index contributed by atoms with van der Waals surface area (Å²) >= 11 is 0. The maximum absolute atomic E-state index is 11.6. The van der Waals surface area contributed by atoms with Crippen molar-refractivity contribution in [2.45, 2.75) is 27.7 Å². The van der Waals surface area contributed by atoms with Gasteiger partial charge in [-0.3, -0.25) is 9.69 Å². The Labute approximate surface area is 106 Å². The summed E-state index contributed by atoms with van der Waals surface area (Å²) in [4.78, 5) is 13.7. The van der Waals surface area contributed by atoms with Crippen LogP contribution >= 0.6 is 0 Å². The molecule has 0 aromatic carbocycles. The van der Waals surface area contributed by atoms with Crippen molar-refractivity contribution >= 4 is 5.91 Å². The normalized spacial score (nSPS) is 13.5. The highest BCUT2D eigenvalue weighted by Crippen LogP contribution is 2.10. The Morgan fingerprint density at radius 1 is 1.29 bits per heavy atom. The molecular formula is C13H29N3O. The second kappa shape index (κ2) is 8.48. The Kier molecular flexibility index (Phi) is 8.17. The van der Waals surface area contributed by atoms with Crippen LogP contribution in [0.3, 0.4) is 0 Å². The zero-order chi connectivity index (χ0) is 13.4. The highest BCUT2D eigenvalue weighted by molar-refractivity contribution is 5.77. The van der Waals surface area contributed by atoms with Gasteiger partial charge in [-0.15, -0.1) is 0 Å². The maximum Gasteiger partial charge on any atom is 0.234 e. The molecule has 0 rings (SSSR count). The summed E-state index contributed by atoms with van der Waals surface area (Å²) in [5.41, 5.74) is 5.72. The fourth-order valence-corrected chi connectivity index (χ4v) is 1.64. The van der Waals surface area contributed by atoms with Crippen LogP contribution in [-0.4, -0.2) is 44.0 Å². The van der Waals surface area contributed by atoms with Crippen molar-refractivity contribution in [2.75, 3.05) is 33.2 Å². The predicted molar refractivity (Wildman–Crippen MR) is 72.7 cm³/mol. The van der Waals surface area contributed by atoms with Crippen LogP contribution in [0.25, 0.3) is 0 Å². The maximum atomic E-state index is 11.6. The predicted octanol–water partition coefficient (Wildman–Crippen LogP) is 0.921. The molecule has 0 aliphatic heterocycles. The number of rotatable bonds is 8. The molecule has 1 atom stereocenters. The second-order valence-corrected chi connectivity index (χ2v) is 5.63. The van der Waals surface area contributed by atoms with Crippen molar-refractivity contribution in [1.82, 2.24) is 10.2 Å². The molecule has 4 heteroatoms. The van der Waals surface area contributed by atoms with Crippen molar-refractivity contribution in [2.24, 2.45) is 23.5 Å². The first-order valence-corrected chi connectivity index (χ1v) is 6.52. The molecule has 0 aliphatic rings. The fraction of sp³-hybridized carbons (Fsp3) is 0.923. The Morgan fingerprint density at radius 3 is 2.29 bits per heavy atom. The van der Waals surface area contributed by atoms with Gasteiger partial charge in [-0.1, -0.05) is 27.7 Å². The third-order valence-corrected chi connectivity index (χ3v) is 2.91. The van der Waals surface area contributed by atoms with Crippen molar-refractivity contribution in [3.05, 3.63) is 0 Å². The van der Waals surface area contributed by atoms with Crippen LogP contribution in [0.4, 0.5) is 0 Å². The molecule has 0 saturated carbocycles. The summed E-state index contributed by atoms with van der Waals surface area (Å²) in [5, 5.41) is 2.92. The van der Waals surface area contributed by atoms with Gasteiger partial charge in [0.25, 0.3) is 0 Å². The number of nitrogens with zero attached hydrogens (tertiary/aromatic N) is 1.